The molecule has 5 heteroatoms. The van der Waals surface area contributed by atoms with Crippen LogP contribution in [0.4, 0.5) is 0 Å². The molecule has 29 heavy (non-hydrogen) atoms. The molecule has 1 amide bonds. The Hall–Kier alpha value is -2.69. The second kappa shape index (κ2) is 11.3. The highest BCUT2D eigenvalue weighted by molar-refractivity contribution is 5.95. The maximum atomic E-state index is 12.9. The molecule has 5 nitrogen and oxygen atoms in total. The van der Waals surface area contributed by atoms with Gasteiger partial charge in [-0.3, -0.25) is 4.79 Å². The Bertz CT molecular complexity index is 751. The summed E-state index contributed by atoms with van der Waals surface area (Å²) in [6, 6.07) is 15.4. The van der Waals surface area contributed by atoms with Crippen LogP contribution >= 0.6 is 0 Å². The molecule has 158 valence electrons. The quantitative estimate of drug-likeness (QED) is 0.488. The van der Waals surface area contributed by atoms with Gasteiger partial charge in [0.2, 0.25) is 0 Å². The van der Waals surface area contributed by atoms with Crippen LogP contribution in [0.5, 0.6) is 17.2 Å². The number of rotatable bonds is 11. The summed E-state index contributed by atoms with van der Waals surface area (Å²) in [5, 5.41) is 0. The lowest BCUT2D eigenvalue weighted by atomic mass is 10.1. The third-order valence-electron chi connectivity index (χ3n) is 4.57. The Morgan fingerprint density at radius 2 is 1.48 bits per heavy atom. The van der Waals surface area contributed by atoms with Crippen LogP contribution in [-0.2, 0) is 0 Å². The van der Waals surface area contributed by atoms with Crippen molar-refractivity contribution in [3.05, 3.63) is 54.1 Å². The largest absolute Gasteiger partial charge is 0.494 e. The number of benzene rings is 2. The molecule has 2 rings (SSSR count). The molecule has 0 atom stereocenters. The van der Waals surface area contributed by atoms with E-state index in [-0.39, 0.29) is 18.0 Å². The minimum Gasteiger partial charge on any atom is -0.494 e. The number of hydrogen-bond acceptors (Lipinski definition) is 4. The first-order valence-corrected chi connectivity index (χ1v) is 10.3. The molecule has 0 saturated heterocycles. The van der Waals surface area contributed by atoms with Crippen molar-refractivity contribution < 1.29 is 19.0 Å². The molecule has 0 bridgehead atoms. The number of carbonyl (C=O) groups excluding carboxylic acids is 1. The van der Waals surface area contributed by atoms with Gasteiger partial charge in [0.25, 0.3) is 5.91 Å². The Balaban J connectivity index is 1.87. The van der Waals surface area contributed by atoms with Crippen molar-refractivity contribution in [1.29, 1.82) is 0 Å². The molecule has 0 aliphatic rings. The van der Waals surface area contributed by atoms with Crippen molar-refractivity contribution in [2.75, 3.05) is 20.3 Å². The fraction of sp³-hybridized carbons (Fsp3) is 0.458. The van der Waals surface area contributed by atoms with E-state index >= 15 is 0 Å². The van der Waals surface area contributed by atoms with Crippen LogP contribution in [0.1, 0.15) is 50.9 Å². The predicted molar refractivity (Wildman–Crippen MR) is 116 cm³/mol. The molecule has 0 aromatic heterocycles. The Morgan fingerprint density at radius 3 is 2.07 bits per heavy atom. The zero-order valence-corrected chi connectivity index (χ0v) is 18.2. The van der Waals surface area contributed by atoms with E-state index in [9.17, 15) is 4.79 Å². The first kappa shape index (κ1) is 22.6. The van der Waals surface area contributed by atoms with E-state index < -0.39 is 0 Å². The molecule has 0 radical (unpaired) electrons. The first-order chi connectivity index (χ1) is 13.9. The standard InChI is InChI=1S/C24H33NO4/c1-18(2)25(19(3)4)24(26)20-13-14-22(23(17-20)27-5)29-16-10-9-15-28-21-11-7-6-8-12-21/h6-8,11-14,17-19H,9-10,15-16H2,1-5H3. The van der Waals surface area contributed by atoms with Crippen LogP contribution in [0.3, 0.4) is 0 Å². The number of hydrogen-bond donors (Lipinski definition) is 0. The van der Waals surface area contributed by atoms with Crippen LogP contribution in [0.2, 0.25) is 0 Å². The lowest BCUT2D eigenvalue weighted by molar-refractivity contribution is 0.0643. The van der Waals surface area contributed by atoms with E-state index in [1.165, 1.54) is 0 Å². The molecule has 0 unspecified atom stereocenters. The van der Waals surface area contributed by atoms with Gasteiger partial charge < -0.3 is 19.1 Å². The third-order valence-corrected chi connectivity index (χ3v) is 4.57. The molecule has 0 saturated carbocycles. The highest BCUT2D eigenvalue weighted by Gasteiger charge is 2.22. The Kier molecular flexibility index (Phi) is 8.84. The summed E-state index contributed by atoms with van der Waals surface area (Å²) in [5.74, 6) is 2.10. The number of methoxy groups -OCH3 is 1. The van der Waals surface area contributed by atoms with Crippen molar-refractivity contribution in [3.8, 4) is 17.2 Å². The molecule has 0 heterocycles. The SMILES string of the molecule is COc1cc(C(=O)N(C(C)C)C(C)C)ccc1OCCCCOc1ccccc1. The number of amides is 1. The van der Waals surface area contributed by atoms with Gasteiger partial charge in [-0.1, -0.05) is 18.2 Å². The molecule has 0 aliphatic carbocycles. The van der Waals surface area contributed by atoms with Gasteiger partial charge >= 0.3 is 0 Å². The summed E-state index contributed by atoms with van der Waals surface area (Å²) in [6.07, 6.45) is 1.76. The summed E-state index contributed by atoms with van der Waals surface area (Å²) < 4.78 is 17.0. The molecule has 2 aromatic rings. The van der Waals surface area contributed by atoms with Crippen molar-refractivity contribution in [2.24, 2.45) is 0 Å². The molecule has 0 spiro atoms. The molecule has 0 N–H and O–H groups in total. The van der Waals surface area contributed by atoms with Crippen LogP contribution < -0.4 is 14.2 Å². The first-order valence-electron chi connectivity index (χ1n) is 10.3. The van der Waals surface area contributed by atoms with E-state index in [1.807, 2.05) is 69.0 Å². The van der Waals surface area contributed by atoms with E-state index in [1.54, 1.807) is 19.2 Å². The zero-order chi connectivity index (χ0) is 21.2. The Morgan fingerprint density at radius 1 is 0.862 bits per heavy atom. The van der Waals surface area contributed by atoms with Gasteiger partial charge in [-0.05, 0) is 70.9 Å². The summed E-state index contributed by atoms with van der Waals surface area (Å²) in [4.78, 5) is 14.7. The predicted octanol–water partition coefficient (Wildman–Crippen LogP) is 5.19. The van der Waals surface area contributed by atoms with E-state index in [4.69, 9.17) is 14.2 Å². The molecular formula is C24H33NO4. The second-order valence-electron chi connectivity index (χ2n) is 7.48. The van der Waals surface area contributed by atoms with Crippen molar-refractivity contribution in [3.63, 3.8) is 0 Å². The van der Waals surface area contributed by atoms with E-state index in [0.717, 1.165) is 18.6 Å². The fourth-order valence-corrected chi connectivity index (χ4v) is 3.23. The summed E-state index contributed by atoms with van der Waals surface area (Å²) in [5.41, 5.74) is 0.605. The van der Waals surface area contributed by atoms with Crippen LogP contribution in [0.15, 0.2) is 48.5 Å². The molecule has 0 aliphatic heterocycles. The van der Waals surface area contributed by atoms with E-state index in [2.05, 4.69) is 0 Å². The topological polar surface area (TPSA) is 48.0 Å². The van der Waals surface area contributed by atoms with Crippen LogP contribution in [0.25, 0.3) is 0 Å². The fourth-order valence-electron chi connectivity index (χ4n) is 3.23. The lowest BCUT2D eigenvalue weighted by Gasteiger charge is -2.31. The van der Waals surface area contributed by atoms with Crippen LogP contribution in [-0.4, -0.2) is 43.2 Å². The highest BCUT2D eigenvalue weighted by Crippen LogP contribution is 2.29. The number of unbranched alkanes of at least 4 members (excludes halogenated alkanes) is 1. The highest BCUT2D eigenvalue weighted by atomic mass is 16.5. The third kappa shape index (κ3) is 6.70. The van der Waals surface area contributed by atoms with Crippen molar-refractivity contribution in [2.45, 2.75) is 52.6 Å². The molecule has 2 aromatic carbocycles. The van der Waals surface area contributed by atoms with Gasteiger partial charge in [-0.2, -0.15) is 0 Å². The number of ether oxygens (including phenoxy) is 3. The van der Waals surface area contributed by atoms with Gasteiger partial charge in [-0.15, -0.1) is 0 Å². The van der Waals surface area contributed by atoms with Gasteiger partial charge in [0.1, 0.15) is 5.75 Å². The average Bonchev–Trinajstić information content (AvgIpc) is 2.70. The summed E-state index contributed by atoms with van der Waals surface area (Å²) >= 11 is 0. The maximum Gasteiger partial charge on any atom is 0.254 e. The smallest absolute Gasteiger partial charge is 0.254 e. The minimum absolute atomic E-state index is 0.00193. The van der Waals surface area contributed by atoms with Crippen molar-refractivity contribution in [1.82, 2.24) is 4.90 Å². The summed E-state index contributed by atoms with van der Waals surface area (Å²) in [6.45, 7) is 9.30. The van der Waals surface area contributed by atoms with Crippen molar-refractivity contribution >= 4 is 5.91 Å². The van der Waals surface area contributed by atoms with Gasteiger partial charge in [0.05, 0.1) is 20.3 Å². The molecular weight excluding hydrogens is 366 g/mol. The van der Waals surface area contributed by atoms with E-state index in [0.29, 0.717) is 30.3 Å². The number of nitrogens with zero attached hydrogens (tertiary/aromatic N) is 1. The lowest BCUT2D eigenvalue weighted by Crippen LogP contribution is -2.42. The summed E-state index contributed by atoms with van der Waals surface area (Å²) in [7, 11) is 1.59. The van der Waals surface area contributed by atoms with Gasteiger partial charge in [-0.25, -0.2) is 0 Å². The zero-order valence-electron chi connectivity index (χ0n) is 18.2. The number of para-hydroxylation sites is 1. The maximum absolute atomic E-state index is 12.9. The second-order valence-corrected chi connectivity index (χ2v) is 7.48. The average molecular weight is 400 g/mol. The normalized spacial score (nSPS) is 10.9. The Labute approximate surface area is 174 Å². The number of carbonyl (C=O) groups is 1. The molecule has 0 fully saturated rings. The van der Waals surface area contributed by atoms with Crippen LogP contribution in [0, 0.1) is 0 Å². The minimum atomic E-state index is -0.00193. The van der Waals surface area contributed by atoms with Gasteiger partial charge in [0, 0.05) is 17.6 Å². The van der Waals surface area contributed by atoms with Gasteiger partial charge in [0.15, 0.2) is 11.5 Å². The monoisotopic (exact) mass is 399 g/mol.